The summed E-state index contributed by atoms with van der Waals surface area (Å²) in [5, 5.41) is 7.34. The van der Waals surface area contributed by atoms with Gasteiger partial charge >= 0.3 is 0 Å². The van der Waals surface area contributed by atoms with Gasteiger partial charge in [0.1, 0.15) is 11.2 Å². The van der Waals surface area contributed by atoms with Gasteiger partial charge < -0.3 is 4.42 Å². The third-order valence-corrected chi connectivity index (χ3v) is 6.89. The van der Waals surface area contributed by atoms with Gasteiger partial charge in [-0.25, -0.2) is 0 Å². The summed E-state index contributed by atoms with van der Waals surface area (Å²) in [4.78, 5) is 0. The van der Waals surface area contributed by atoms with Gasteiger partial charge in [0.05, 0.1) is 0 Å². The lowest BCUT2D eigenvalue weighted by Crippen LogP contribution is -1.91. The Morgan fingerprint density at radius 3 is 1.65 bits per heavy atom. The molecular formula is C33H22O. The molecule has 0 amide bonds. The van der Waals surface area contributed by atoms with E-state index in [1.807, 2.05) is 6.07 Å². The highest BCUT2D eigenvalue weighted by molar-refractivity contribution is 6.24. The molecule has 0 radical (unpaired) electrons. The van der Waals surface area contributed by atoms with Crippen LogP contribution < -0.4 is 0 Å². The first-order valence-electron chi connectivity index (χ1n) is 11.7. The predicted octanol–water partition coefficient (Wildman–Crippen LogP) is 9.53. The summed E-state index contributed by atoms with van der Waals surface area (Å²) in [6.45, 7) is 2.17. The first-order valence-corrected chi connectivity index (χ1v) is 11.7. The zero-order valence-corrected chi connectivity index (χ0v) is 18.9. The fraction of sp³-hybridized carbons (Fsp3) is 0.0303. The molecule has 160 valence electrons. The average Bonchev–Trinajstić information content (AvgIpc) is 3.26. The molecule has 1 nitrogen and oxygen atoms in total. The number of rotatable bonds is 2. The third-order valence-electron chi connectivity index (χ3n) is 6.89. The predicted molar refractivity (Wildman–Crippen MR) is 144 cm³/mol. The summed E-state index contributed by atoms with van der Waals surface area (Å²) in [5.41, 5.74) is 8.02. The number of para-hydroxylation sites is 1. The van der Waals surface area contributed by atoms with Gasteiger partial charge in [-0.3, -0.25) is 0 Å². The first kappa shape index (κ1) is 19.1. The van der Waals surface area contributed by atoms with Crippen LogP contribution in [-0.2, 0) is 0 Å². The van der Waals surface area contributed by atoms with Crippen LogP contribution in [-0.4, -0.2) is 0 Å². The van der Waals surface area contributed by atoms with Gasteiger partial charge in [-0.1, -0.05) is 97.1 Å². The fourth-order valence-corrected chi connectivity index (χ4v) is 5.49. The molecule has 0 aliphatic heterocycles. The van der Waals surface area contributed by atoms with Crippen LogP contribution in [0.5, 0.6) is 0 Å². The van der Waals surface area contributed by atoms with E-state index in [0.717, 1.165) is 22.1 Å². The number of fused-ring (bicyclic) bond motifs is 5. The van der Waals surface area contributed by atoms with Crippen LogP contribution in [0.15, 0.2) is 120 Å². The van der Waals surface area contributed by atoms with Gasteiger partial charge in [-0.05, 0) is 63.4 Å². The van der Waals surface area contributed by atoms with E-state index < -0.39 is 0 Å². The Morgan fingerprint density at radius 1 is 0.471 bits per heavy atom. The van der Waals surface area contributed by atoms with E-state index in [9.17, 15) is 0 Å². The van der Waals surface area contributed by atoms with E-state index in [0.29, 0.717) is 0 Å². The summed E-state index contributed by atoms with van der Waals surface area (Å²) >= 11 is 0. The highest BCUT2D eigenvalue weighted by Gasteiger charge is 2.20. The molecule has 6 aromatic carbocycles. The summed E-state index contributed by atoms with van der Waals surface area (Å²) in [6, 6.07) is 41.1. The van der Waals surface area contributed by atoms with Crippen molar-refractivity contribution in [1.29, 1.82) is 0 Å². The average molecular weight is 435 g/mol. The van der Waals surface area contributed by atoms with E-state index in [-0.39, 0.29) is 0 Å². The smallest absolute Gasteiger partial charge is 0.143 e. The molecule has 0 fully saturated rings. The lowest BCUT2D eigenvalue weighted by Gasteiger charge is -2.18. The molecule has 0 spiro atoms. The largest absolute Gasteiger partial charge is 0.455 e. The molecular weight excluding hydrogens is 412 g/mol. The van der Waals surface area contributed by atoms with Crippen molar-refractivity contribution in [1.82, 2.24) is 0 Å². The Labute approximate surface area is 197 Å². The minimum atomic E-state index is 0.930. The van der Waals surface area contributed by atoms with E-state index in [4.69, 9.17) is 4.42 Å². The normalized spacial score (nSPS) is 11.7. The highest BCUT2D eigenvalue weighted by atomic mass is 16.3. The van der Waals surface area contributed by atoms with E-state index in [1.54, 1.807) is 0 Å². The minimum absolute atomic E-state index is 0.930. The molecule has 0 atom stereocenters. The maximum atomic E-state index is 6.51. The molecule has 34 heavy (non-hydrogen) atoms. The maximum Gasteiger partial charge on any atom is 0.143 e. The molecule has 0 saturated heterocycles. The van der Waals surface area contributed by atoms with Gasteiger partial charge in [0.25, 0.3) is 0 Å². The molecule has 7 aromatic rings. The number of hydrogen-bond acceptors (Lipinski definition) is 1. The monoisotopic (exact) mass is 434 g/mol. The van der Waals surface area contributed by atoms with Gasteiger partial charge in [0, 0.05) is 21.9 Å². The van der Waals surface area contributed by atoms with Gasteiger partial charge in [0.15, 0.2) is 0 Å². The lowest BCUT2D eigenvalue weighted by atomic mass is 9.85. The van der Waals surface area contributed by atoms with Gasteiger partial charge in [0.2, 0.25) is 0 Å². The van der Waals surface area contributed by atoms with Crippen molar-refractivity contribution in [3.8, 4) is 22.3 Å². The molecule has 0 bridgehead atoms. The van der Waals surface area contributed by atoms with Crippen molar-refractivity contribution in [3.05, 3.63) is 121 Å². The topological polar surface area (TPSA) is 13.1 Å². The van der Waals surface area contributed by atoms with Crippen LogP contribution in [0.2, 0.25) is 0 Å². The number of benzene rings is 6. The van der Waals surface area contributed by atoms with Crippen molar-refractivity contribution in [2.45, 2.75) is 6.92 Å². The number of furan rings is 1. The molecule has 0 N–H and O–H groups in total. The molecule has 7 rings (SSSR count). The maximum absolute atomic E-state index is 6.51. The Kier molecular flexibility index (Phi) is 4.13. The van der Waals surface area contributed by atoms with Crippen molar-refractivity contribution < 1.29 is 4.42 Å². The molecule has 0 unspecified atom stereocenters. The lowest BCUT2D eigenvalue weighted by molar-refractivity contribution is 0.670. The fourth-order valence-electron chi connectivity index (χ4n) is 5.49. The third kappa shape index (κ3) is 2.74. The van der Waals surface area contributed by atoms with Crippen molar-refractivity contribution in [2.75, 3.05) is 0 Å². The second kappa shape index (κ2) is 7.33. The quantitative estimate of drug-likeness (QED) is 0.247. The minimum Gasteiger partial charge on any atom is -0.455 e. The molecule has 1 heteroatoms. The second-order valence-corrected chi connectivity index (χ2v) is 8.99. The molecule has 1 aromatic heterocycles. The number of aryl methyl sites for hydroxylation is 1. The van der Waals surface area contributed by atoms with Crippen LogP contribution in [0.25, 0.3) is 65.7 Å². The SMILES string of the molecule is Cc1cc(-c2c3ccccc3c(-c3ccccc3)c3ccccc23)c2oc3ccccc3c2c1. The zero-order chi connectivity index (χ0) is 22.6. The van der Waals surface area contributed by atoms with Crippen molar-refractivity contribution in [3.63, 3.8) is 0 Å². The first-order chi connectivity index (χ1) is 16.8. The molecule has 0 aliphatic carbocycles. The van der Waals surface area contributed by atoms with Crippen LogP contribution in [0.3, 0.4) is 0 Å². The standard InChI is InChI=1S/C33H22O/c1-21-19-28-23-13-9-10-18-30(23)34-33(28)29(20-21)32-26-16-7-5-14-24(26)31(22-11-3-2-4-12-22)25-15-6-8-17-27(25)32/h2-20H,1H3. The number of hydrogen-bond donors (Lipinski definition) is 0. The van der Waals surface area contributed by atoms with Crippen LogP contribution in [0.1, 0.15) is 5.56 Å². The Morgan fingerprint density at radius 2 is 1.00 bits per heavy atom. The van der Waals surface area contributed by atoms with Crippen LogP contribution in [0, 0.1) is 6.92 Å². The summed E-state index contributed by atoms with van der Waals surface area (Å²) in [5.74, 6) is 0. The Bertz CT molecular complexity index is 1800. The Hall–Kier alpha value is -4.36. The molecule has 0 saturated carbocycles. The van der Waals surface area contributed by atoms with Crippen LogP contribution >= 0.6 is 0 Å². The Balaban J connectivity index is 1.71. The molecule has 0 aliphatic rings. The molecule has 1 heterocycles. The van der Waals surface area contributed by atoms with E-state index in [1.165, 1.54) is 49.2 Å². The summed E-state index contributed by atoms with van der Waals surface area (Å²) < 4.78 is 6.51. The van der Waals surface area contributed by atoms with Crippen molar-refractivity contribution in [2.24, 2.45) is 0 Å². The highest BCUT2D eigenvalue weighted by Crippen LogP contribution is 2.46. The summed E-state index contributed by atoms with van der Waals surface area (Å²) in [7, 11) is 0. The second-order valence-electron chi connectivity index (χ2n) is 8.99. The zero-order valence-electron chi connectivity index (χ0n) is 18.9. The van der Waals surface area contributed by atoms with Crippen molar-refractivity contribution >= 4 is 43.5 Å². The van der Waals surface area contributed by atoms with E-state index >= 15 is 0 Å². The van der Waals surface area contributed by atoms with Crippen LogP contribution in [0.4, 0.5) is 0 Å². The van der Waals surface area contributed by atoms with Gasteiger partial charge in [-0.2, -0.15) is 0 Å². The van der Waals surface area contributed by atoms with E-state index in [2.05, 4.69) is 116 Å². The van der Waals surface area contributed by atoms with Gasteiger partial charge in [-0.15, -0.1) is 0 Å². The summed E-state index contributed by atoms with van der Waals surface area (Å²) in [6.07, 6.45) is 0.